The molecule has 3 heteroatoms. The van der Waals surface area contributed by atoms with Gasteiger partial charge in [0.15, 0.2) is 0 Å². The highest BCUT2D eigenvalue weighted by molar-refractivity contribution is 5.13. The molecule has 0 saturated heterocycles. The van der Waals surface area contributed by atoms with Crippen LogP contribution < -0.4 is 0 Å². The van der Waals surface area contributed by atoms with Crippen LogP contribution >= 0.6 is 0 Å². The minimum absolute atomic E-state index is 0.717. The first-order chi connectivity index (χ1) is 10.9. The van der Waals surface area contributed by atoms with E-state index < -0.39 is 0 Å². The number of rotatable bonds is 11. The second-order valence-electron chi connectivity index (χ2n) is 7.77. The first-order valence-electron chi connectivity index (χ1n) is 9.23. The minimum atomic E-state index is 0.717. The predicted molar refractivity (Wildman–Crippen MR) is 103 cm³/mol. The molecule has 3 nitrogen and oxygen atoms in total. The van der Waals surface area contributed by atoms with E-state index in [1.807, 2.05) is 0 Å². The molecule has 0 aromatic heterocycles. The Morgan fingerprint density at radius 2 is 1.61 bits per heavy atom. The van der Waals surface area contributed by atoms with Crippen LogP contribution in [0.4, 0.5) is 0 Å². The van der Waals surface area contributed by atoms with Crippen LogP contribution in [-0.2, 0) is 0 Å². The molecule has 0 aliphatic heterocycles. The molecule has 0 spiro atoms. The summed E-state index contributed by atoms with van der Waals surface area (Å²) in [4.78, 5) is 7.24. The van der Waals surface area contributed by atoms with E-state index in [0.29, 0.717) is 0 Å². The van der Waals surface area contributed by atoms with E-state index in [0.717, 1.165) is 5.92 Å². The van der Waals surface area contributed by atoms with Crippen molar-refractivity contribution in [3.8, 4) is 0 Å². The van der Waals surface area contributed by atoms with Crippen LogP contribution in [0.1, 0.15) is 39.0 Å². The molecule has 0 bridgehead atoms. The summed E-state index contributed by atoms with van der Waals surface area (Å²) in [6.07, 6.45) is 8.77. The maximum Gasteiger partial charge on any atom is 0.0192 e. The summed E-state index contributed by atoms with van der Waals surface area (Å²) in [7, 11) is 8.66. The molecule has 23 heavy (non-hydrogen) atoms. The Hall–Kier alpha value is -0.640. The van der Waals surface area contributed by atoms with Crippen molar-refractivity contribution in [2.24, 2.45) is 5.92 Å². The molecular weight excluding hydrogens is 282 g/mol. The zero-order valence-electron chi connectivity index (χ0n) is 16.3. The lowest BCUT2D eigenvalue weighted by Gasteiger charge is -2.28. The summed E-state index contributed by atoms with van der Waals surface area (Å²) in [5.41, 5.74) is 3.01. The van der Waals surface area contributed by atoms with Gasteiger partial charge in [0.2, 0.25) is 0 Å². The normalized spacial score (nSPS) is 18.8. The van der Waals surface area contributed by atoms with Gasteiger partial charge >= 0.3 is 0 Å². The van der Waals surface area contributed by atoms with Gasteiger partial charge in [-0.05, 0) is 99.3 Å². The van der Waals surface area contributed by atoms with Gasteiger partial charge in [-0.15, -0.1) is 0 Å². The maximum absolute atomic E-state index is 4.13. The highest BCUT2D eigenvalue weighted by Gasteiger charge is 2.16. The van der Waals surface area contributed by atoms with Crippen LogP contribution in [0.25, 0.3) is 0 Å². The van der Waals surface area contributed by atoms with Gasteiger partial charge < -0.3 is 9.80 Å². The molecule has 1 aliphatic carbocycles. The minimum Gasteiger partial charge on any atom is -0.309 e. The third-order valence-corrected chi connectivity index (χ3v) is 4.79. The molecule has 0 aromatic rings. The van der Waals surface area contributed by atoms with Crippen molar-refractivity contribution in [3.05, 3.63) is 23.8 Å². The summed E-state index contributed by atoms with van der Waals surface area (Å²) in [5, 5.41) is 0. The lowest BCUT2D eigenvalue weighted by atomic mass is 9.85. The zero-order chi connectivity index (χ0) is 17.2. The van der Waals surface area contributed by atoms with Crippen LogP contribution in [0.2, 0.25) is 0 Å². The van der Waals surface area contributed by atoms with E-state index >= 15 is 0 Å². The highest BCUT2D eigenvalue weighted by atomic mass is 15.1. The predicted octanol–water partition coefficient (Wildman–Crippen LogP) is 3.49. The van der Waals surface area contributed by atoms with Crippen molar-refractivity contribution in [2.45, 2.75) is 39.0 Å². The van der Waals surface area contributed by atoms with E-state index in [2.05, 4.69) is 62.5 Å². The number of nitrogens with zero attached hydrogens (tertiary/aromatic N) is 3. The summed E-state index contributed by atoms with van der Waals surface area (Å²) in [6, 6.07) is 0. The van der Waals surface area contributed by atoms with Crippen LogP contribution in [0.15, 0.2) is 23.8 Å². The third kappa shape index (κ3) is 9.29. The van der Waals surface area contributed by atoms with E-state index in [4.69, 9.17) is 0 Å². The quantitative estimate of drug-likeness (QED) is 0.539. The summed E-state index contributed by atoms with van der Waals surface area (Å²) >= 11 is 0. The Balaban J connectivity index is 2.45. The Morgan fingerprint density at radius 1 is 1.04 bits per heavy atom. The molecule has 134 valence electrons. The smallest absolute Gasteiger partial charge is 0.0192 e. The molecule has 1 atom stereocenters. The van der Waals surface area contributed by atoms with Gasteiger partial charge in [0, 0.05) is 6.54 Å². The summed E-state index contributed by atoms with van der Waals surface area (Å²) in [5.74, 6) is 0.717. The van der Waals surface area contributed by atoms with Crippen molar-refractivity contribution in [3.63, 3.8) is 0 Å². The lowest BCUT2D eigenvalue weighted by molar-refractivity contribution is 0.252. The molecule has 0 heterocycles. The third-order valence-electron chi connectivity index (χ3n) is 4.79. The average molecular weight is 322 g/mol. The second-order valence-corrected chi connectivity index (χ2v) is 7.77. The van der Waals surface area contributed by atoms with Gasteiger partial charge in [-0.3, -0.25) is 4.90 Å². The molecule has 1 aliphatic rings. The maximum atomic E-state index is 4.13. The van der Waals surface area contributed by atoms with Gasteiger partial charge in [-0.2, -0.15) is 0 Å². The monoisotopic (exact) mass is 321 g/mol. The molecule has 0 radical (unpaired) electrons. The summed E-state index contributed by atoms with van der Waals surface area (Å²) in [6.45, 7) is 12.3. The summed E-state index contributed by atoms with van der Waals surface area (Å²) < 4.78 is 0. The Morgan fingerprint density at radius 3 is 2.00 bits per heavy atom. The van der Waals surface area contributed by atoms with Crippen LogP contribution in [0.5, 0.6) is 0 Å². The van der Waals surface area contributed by atoms with E-state index in [1.54, 1.807) is 5.57 Å². The van der Waals surface area contributed by atoms with Gasteiger partial charge in [-0.1, -0.05) is 23.8 Å². The number of hydrogen-bond acceptors (Lipinski definition) is 3. The molecule has 1 rings (SSSR count). The Bertz CT molecular complexity index is 357. The highest BCUT2D eigenvalue weighted by Crippen LogP contribution is 2.28. The Labute approximate surface area is 145 Å². The van der Waals surface area contributed by atoms with Crippen molar-refractivity contribution < 1.29 is 0 Å². The molecule has 0 aromatic carbocycles. The number of hydrogen-bond donors (Lipinski definition) is 0. The fourth-order valence-electron chi connectivity index (χ4n) is 3.26. The largest absolute Gasteiger partial charge is 0.309 e. The lowest BCUT2D eigenvalue weighted by Crippen LogP contribution is -2.32. The van der Waals surface area contributed by atoms with Gasteiger partial charge in [0.1, 0.15) is 0 Å². The van der Waals surface area contributed by atoms with Gasteiger partial charge in [-0.25, -0.2) is 0 Å². The average Bonchev–Trinajstić information content (AvgIpc) is 2.46. The second kappa shape index (κ2) is 11.0. The van der Waals surface area contributed by atoms with Crippen molar-refractivity contribution in [1.82, 2.24) is 14.7 Å². The van der Waals surface area contributed by atoms with E-state index in [1.165, 1.54) is 70.4 Å². The molecular formula is C20H39N3. The molecule has 0 amide bonds. The van der Waals surface area contributed by atoms with E-state index in [-0.39, 0.29) is 0 Å². The first kappa shape index (κ1) is 20.4. The molecule has 0 unspecified atom stereocenters. The standard InChI is InChI=1S/C20H39N3/c1-18(2)20-11-9-19(10-12-20)17-23(15-7-13-21(3)4)16-8-14-22(5)6/h9,20H,1,7-8,10-17H2,2-6H3/t20-/m1/s1. The zero-order valence-corrected chi connectivity index (χ0v) is 16.3. The van der Waals surface area contributed by atoms with Crippen LogP contribution in [-0.4, -0.2) is 75.6 Å². The Kier molecular flexibility index (Phi) is 9.77. The molecule has 0 N–H and O–H groups in total. The van der Waals surface area contributed by atoms with Gasteiger partial charge in [0.25, 0.3) is 0 Å². The van der Waals surface area contributed by atoms with Crippen LogP contribution in [0, 0.1) is 5.92 Å². The van der Waals surface area contributed by atoms with Crippen molar-refractivity contribution in [2.75, 3.05) is 60.9 Å². The number of allylic oxidation sites excluding steroid dienone is 2. The fraction of sp³-hybridized carbons (Fsp3) is 0.800. The SMILES string of the molecule is C=C(C)[C@@H]1CC=C(CN(CCCN(C)C)CCCN(C)C)CC1. The first-order valence-corrected chi connectivity index (χ1v) is 9.23. The van der Waals surface area contributed by atoms with Crippen molar-refractivity contribution in [1.29, 1.82) is 0 Å². The van der Waals surface area contributed by atoms with Crippen molar-refractivity contribution >= 4 is 0 Å². The molecule has 0 fully saturated rings. The topological polar surface area (TPSA) is 9.72 Å². The van der Waals surface area contributed by atoms with Crippen LogP contribution in [0.3, 0.4) is 0 Å². The van der Waals surface area contributed by atoms with E-state index in [9.17, 15) is 0 Å². The van der Waals surface area contributed by atoms with Gasteiger partial charge in [0.05, 0.1) is 0 Å². The molecule has 0 saturated carbocycles. The fourth-order valence-corrected chi connectivity index (χ4v) is 3.26.